The average molecular weight is 621 g/mol. The van der Waals surface area contributed by atoms with Crippen LogP contribution in [-0.4, -0.2) is 70.9 Å². The summed E-state index contributed by atoms with van der Waals surface area (Å²) in [5, 5.41) is 20.0. The smallest absolute Gasteiger partial charge is 0.319 e. The SMILES string of the molecule is COc1cc(NC(=O)N[C@@H](Cc2ccccc2)[C@H](O)C(=O)N2CSC(C)(C)[C@H]2C(=O)NCc2ccccc2C)cc(OC)c1. The Labute approximate surface area is 262 Å². The van der Waals surface area contributed by atoms with Gasteiger partial charge < -0.3 is 35.4 Å². The summed E-state index contributed by atoms with van der Waals surface area (Å²) in [7, 11) is 3.01. The maximum absolute atomic E-state index is 13.9. The van der Waals surface area contributed by atoms with Crippen LogP contribution in [0.15, 0.2) is 72.8 Å². The highest BCUT2D eigenvalue weighted by Gasteiger charge is 2.49. The highest BCUT2D eigenvalue weighted by atomic mass is 32.2. The van der Waals surface area contributed by atoms with Crippen molar-refractivity contribution < 1.29 is 29.0 Å². The van der Waals surface area contributed by atoms with Crippen molar-refractivity contribution >= 4 is 35.3 Å². The fourth-order valence-corrected chi connectivity index (χ4v) is 6.31. The number of carbonyl (C=O) groups excluding carboxylic acids is 3. The molecule has 1 aliphatic heterocycles. The highest BCUT2D eigenvalue weighted by molar-refractivity contribution is 8.00. The zero-order valence-electron chi connectivity index (χ0n) is 25.6. The summed E-state index contributed by atoms with van der Waals surface area (Å²) in [5.74, 6) is 0.247. The standard InChI is InChI=1S/C33H40N4O6S/c1-21-11-9-10-14-23(21)19-34-30(39)29-33(2,3)44-20-37(29)31(40)28(38)27(15-22-12-7-6-8-13-22)36-32(41)35-24-16-25(42-4)18-26(17-24)43-5/h6-14,16-18,27-29,38H,15,19-20H2,1-5H3,(H,34,39)(H2,35,36,41)/t27-,28-,29+/m0/s1. The molecule has 4 rings (SSSR count). The monoisotopic (exact) mass is 620 g/mol. The first-order valence-electron chi connectivity index (χ1n) is 14.3. The van der Waals surface area contributed by atoms with Crippen LogP contribution in [0.5, 0.6) is 11.5 Å². The number of aryl methyl sites for hydroxylation is 1. The van der Waals surface area contributed by atoms with Gasteiger partial charge in [-0.15, -0.1) is 11.8 Å². The van der Waals surface area contributed by atoms with Crippen LogP contribution in [0.1, 0.15) is 30.5 Å². The van der Waals surface area contributed by atoms with Gasteiger partial charge in [-0.25, -0.2) is 4.79 Å². The second kappa shape index (κ2) is 14.5. The zero-order chi connectivity index (χ0) is 31.9. The van der Waals surface area contributed by atoms with Crippen LogP contribution in [0, 0.1) is 6.92 Å². The van der Waals surface area contributed by atoms with Gasteiger partial charge in [0.15, 0.2) is 6.10 Å². The number of urea groups is 1. The van der Waals surface area contributed by atoms with Crippen LogP contribution in [0.2, 0.25) is 0 Å². The van der Waals surface area contributed by atoms with E-state index >= 15 is 0 Å². The van der Waals surface area contributed by atoms with Crippen LogP contribution in [0.4, 0.5) is 10.5 Å². The Hall–Kier alpha value is -4.22. The van der Waals surface area contributed by atoms with Crippen molar-refractivity contribution in [2.24, 2.45) is 0 Å². The Morgan fingerprint density at radius 3 is 2.27 bits per heavy atom. The number of aliphatic hydroxyl groups is 1. The summed E-state index contributed by atoms with van der Waals surface area (Å²) < 4.78 is 9.97. The molecular formula is C33H40N4O6S. The Morgan fingerprint density at radius 1 is 1.00 bits per heavy atom. The minimum atomic E-state index is -1.62. The molecule has 1 heterocycles. The third-order valence-corrected chi connectivity index (χ3v) is 9.02. The van der Waals surface area contributed by atoms with Crippen LogP contribution in [0.3, 0.4) is 0 Å². The fourth-order valence-electron chi connectivity index (χ4n) is 5.17. The lowest BCUT2D eigenvalue weighted by Crippen LogP contribution is -2.59. The van der Waals surface area contributed by atoms with Gasteiger partial charge in [0.25, 0.3) is 5.91 Å². The minimum Gasteiger partial charge on any atom is -0.497 e. The van der Waals surface area contributed by atoms with Crippen molar-refractivity contribution in [3.63, 3.8) is 0 Å². The number of nitrogens with one attached hydrogen (secondary N) is 3. The maximum Gasteiger partial charge on any atom is 0.319 e. The van der Waals surface area contributed by atoms with Crippen molar-refractivity contribution in [1.82, 2.24) is 15.5 Å². The minimum absolute atomic E-state index is 0.178. The summed E-state index contributed by atoms with van der Waals surface area (Å²) >= 11 is 1.46. The van der Waals surface area contributed by atoms with Gasteiger partial charge in [-0.3, -0.25) is 9.59 Å². The molecule has 0 aromatic heterocycles. The van der Waals surface area contributed by atoms with E-state index in [4.69, 9.17) is 9.47 Å². The fraction of sp³-hybridized carbons (Fsp3) is 0.364. The van der Waals surface area contributed by atoms with Crippen LogP contribution in [-0.2, 0) is 22.6 Å². The summed E-state index contributed by atoms with van der Waals surface area (Å²) in [4.78, 5) is 42.0. The van der Waals surface area contributed by atoms with E-state index in [1.54, 1.807) is 18.2 Å². The van der Waals surface area contributed by atoms with Crippen molar-refractivity contribution in [3.05, 3.63) is 89.5 Å². The van der Waals surface area contributed by atoms with Crippen molar-refractivity contribution in [1.29, 1.82) is 0 Å². The predicted molar refractivity (Wildman–Crippen MR) is 172 cm³/mol. The molecule has 10 nitrogen and oxygen atoms in total. The normalized spacial score (nSPS) is 16.9. The molecule has 0 saturated carbocycles. The highest BCUT2D eigenvalue weighted by Crippen LogP contribution is 2.40. The molecule has 4 N–H and O–H groups in total. The zero-order valence-corrected chi connectivity index (χ0v) is 26.4. The summed E-state index contributed by atoms with van der Waals surface area (Å²) in [5.41, 5.74) is 3.25. The first kappa shape index (κ1) is 32.7. The number of anilines is 1. The van der Waals surface area contributed by atoms with Gasteiger partial charge in [0.2, 0.25) is 5.91 Å². The Balaban J connectivity index is 1.52. The summed E-state index contributed by atoms with van der Waals surface area (Å²) in [6, 6.07) is 19.5. The van der Waals surface area contributed by atoms with Crippen molar-refractivity contribution in [3.8, 4) is 11.5 Å². The Bertz CT molecular complexity index is 1450. The number of ether oxygens (including phenoxy) is 2. The lowest BCUT2D eigenvalue weighted by Gasteiger charge is -2.33. The van der Waals surface area contributed by atoms with Gasteiger partial charge >= 0.3 is 6.03 Å². The number of nitrogens with zero attached hydrogens (tertiary/aromatic N) is 1. The molecule has 1 saturated heterocycles. The van der Waals surface area contributed by atoms with E-state index < -0.39 is 34.9 Å². The molecular weight excluding hydrogens is 580 g/mol. The molecule has 4 amide bonds. The topological polar surface area (TPSA) is 129 Å². The molecule has 1 fully saturated rings. The molecule has 3 aromatic carbocycles. The number of carbonyl (C=O) groups is 3. The molecule has 44 heavy (non-hydrogen) atoms. The van der Waals surface area contributed by atoms with Crippen LogP contribution >= 0.6 is 11.8 Å². The maximum atomic E-state index is 13.9. The van der Waals surface area contributed by atoms with Gasteiger partial charge in [0.05, 0.1) is 26.1 Å². The molecule has 0 bridgehead atoms. The van der Waals surface area contributed by atoms with Gasteiger partial charge in [0, 0.05) is 35.2 Å². The lowest BCUT2D eigenvalue weighted by molar-refractivity contribution is -0.147. The molecule has 1 aliphatic rings. The number of aliphatic hydroxyl groups excluding tert-OH is 1. The largest absolute Gasteiger partial charge is 0.497 e. The quantitative estimate of drug-likeness (QED) is 0.254. The third kappa shape index (κ3) is 8.03. The first-order chi connectivity index (χ1) is 21.0. The number of methoxy groups -OCH3 is 2. The third-order valence-electron chi connectivity index (χ3n) is 7.65. The van der Waals surface area contributed by atoms with E-state index in [1.165, 1.54) is 30.9 Å². The number of amides is 4. The van der Waals surface area contributed by atoms with Gasteiger partial charge in [-0.2, -0.15) is 0 Å². The second-order valence-electron chi connectivity index (χ2n) is 11.2. The van der Waals surface area contributed by atoms with E-state index in [-0.39, 0.29) is 18.2 Å². The molecule has 11 heteroatoms. The van der Waals surface area contributed by atoms with Crippen molar-refractivity contribution in [2.75, 3.05) is 25.4 Å². The predicted octanol–water partition coefficient (Wildman–Crippen LogP) is 4.10. The molecule has 0 radical (unpaired) electrons. The Kier molecular flexibility index (Phi) is 10.8. The molecule has 0 unspecified atom stereocenters. The molecule has 0 aliphatic carbocycles. The van der Waals surface area contributed by atoms with E-state index in [1.807, 2.05) is 75.4 Å². The van der Waals surface area contributed by atoms with E-state index in [0.29, 0.717) is 23.7 Å². The Morgan fingerprint density at radius 2 is 1.64 bits per heavy atom. The lowest BCUT2D eigenvalue weighted by atomic mass is 9.97. The average Bonchev–Trinajstić information content (AvgIpc) is 3.34. The molecule has 0 spiro atoms. The first-order valence-corrected chi connectivity index (χ1v) is 15.3. The molecule has 3 atom stereocenters. The number of hydrogen-bond donors (Lipinski definition) is 4. The second-order valence-corrected chi connectivity index (χ2v) is 12.8. The van der Waals surface area contributed by atoms with Crippen LogP contribution in [0.25, 0.3) is 0 Å². The van der Waals surface area contributed by atoms with Gasteiger partial charge in [-0.05, 0) is 43.9 Å². The number of hydrogen-bond acceptors (Lipinski definition) is 7. The van der Waals surface area contributed by atoms with E-state index in [0.717, 1.165) is 16.7 Å². The number of thioether (sulfide) groups is 1. The van der Waals surface area contributed by atoms with Crippen LogP contribution < -0.4 is 25.4 Å². The molecule has 3 aromatic rings. The van der Waals surface area contributed by atoms with E-state index in [2.05, 4.69) is 16.0 Å². The summed E-state index contributed by atoms with van der Waals surface area (Å²) in [6.07, 6.45) is -1.45. The van der Waals surface area contributed by atoms with Crippen molar-refractivity contribution in [2.45, 2.75) is 56.7 Å². The number of benzene rings is 3. The van der Waals surface area contributed by atoms with Gasteiger partial charge in [0.1, 0.15) is 17.5 Å². The molecule has 234 valence electrons. The summed E-state index contributed by atoms with van der Waals surface area (Å²) in [6.45, 7) is 6.11. The van der Waals surface area contributed by atoms with E-state index in [9.17, 15) is 19.5 Å². The van der Waals surface area contributed by atoms with Gasteiger partial charge in [-0.1, -0.05) is 54.6 Å². The number of rotatable bonds is 11.